The Labute approximate surface area is 131 Å². The summed E-state index contributed by atoms with van der Waals surface area (Å²) in [6, 6.07) is 10.5. The van der Waals surface area contributed by atoms with Crippen LogP contribution in [0.3, 0.4) is 0 Å². The molecule has 7 nitrogen and oxygen atoms in total. The predicted octanol–water partition coefficient (Wildman–Crippen LogP) is 1.40. The van der Waals surface area contributed by atoms with Crippen LogP contribution in [-0.4, -0.2) is 32.8 Å². The van der Waals surface area contributed by atoms with Crippen molar-refractivity contribution in [2.24, 2.45) is 0 Å². The summed E-state index contributed by atoms with van der Waals surface area (Å²) in [6.45, 7) is 0.153. The molecule has 0 spiro atoms. The van der Waals surface area contributed by atoms with Crippen LogP contribution < -0.4 is 5.56 Å². The number of nitrogens with one attached hydrogen (secondary N) is 2. The van der Waals surface area contributed by atoms with Gasteiger partial charge in [0.15, 0.2) is 0 Å². The van der Waals surface area contributed by atoms with Gasteiger partial charge in [-0.05, 0) is 18.2 Å². The lowest BCUT2D eigenvalue weighted by molar-refractivity contribution is 0.0776. The molecule has 0 saturated heterocycles. The second-order valence-corrected chi connectivity index (χ2v) is 5.10. The number of hydrogen-bond donors (Lipinski definition) is 2. The Morgan fingerprint density at radius 3 is 2.91 bits per heavy atom. The minimum atomic E-state index is -0.290. The van der Waals surface area contributed by atoms with E-state index < -0.39 is 0 Å². The Hall–Kier alpha value is -3.40. The first-order valence-electron chi connectivity index (χ1n) is 6.90. The summed E-state index contributed by atoms with van der Waals surface area (Å²) < 4.78 is 0. The van der Waals surface area contributed by atoms with Crippen molar-refractivity contribution in [3.63, 3.8) is 0 Å². The molecule has 114 valence electrons. The molecule has 0 aliphatic carbocycles. The molecule has 0 aliphatic rings. The van der Waals surface area contributed by atoms with Crippen LogP contribution in [0.2, 0.25) is 0 Å². The molecule has 0 radical (unpaired) electrons. The summed E-state index contributed by atoms with van der Waals surface area (Å²) in [5.41, 5.74) is 1.04. The zero-order chi connectivity index (χ0) is 16.4. The predicted molar refractivity (Wildman–Crippen MR) is 83.7 cm³/mol. The van der Waals surface area contributed by atoms with Gasteiger partial charge in [-0.2, -0.15) is 5.26 Å². The van der Waals surface area contributed by atoms with E-state index in [-0.39, 0.29) is 18.0 Å². The number of aromatic nitrogens is 3. The first-order chi connectivity index (χ1) is 11.1. The van der Waals surface area contributed by atoms with Crippen molar-refractivity contribution in [3.05, 3.63) is 64.0 Å². The summed E-state index contributed by atoms with van der Waals surface area (Å²) in [6.07, 6.45) is 1.47. The highest BCUT2D eigenvalue weighted by atomic mass is 16.2. The maximum Gasteiger partial charge on any atom is 0.270 e. The summed E-state index contributed by atoms with van der Waals surface area (Å²) >= 11 is 0. The number of nitrogens with zero attached hydrogens (tertiary/aromatic N) is 3. The molecule has 2 heterocycles. The fourth-order valence-corrected chi connectivity index (χ4v) is 2.29. The van der Waals surface area contributed by atoms with Gasteiger partial charge in [0.2, 0.25) is 0 Å². The lowest BCUT2D eigenvalue weighted by Crippen LogP contribution is -2.28. The Kier molecular flexibility index (Phi) is 3.65. The van der Waals surface area contributed by atoms with Gasteiger partial charge in [-0.1, -0.05) is 12.1 Å². The molecule has 2 N–H and O–H groups in total. The Morgan fingerprint density at radius 2 is 2.17 bits per heavy atom. The van der Waals surface area contributed by atoms with Crippen LogP contribution in [0.1, 0.15) is 21.9 Å². The molecule has 0 atom stereocenters. The van der Waals surface area contributed by atoms with Crippen LogP contribution in [0.15, 0.2) is 41.3 Å². The summed E-state index contributed by atoms with van der Waals surface area (Å²) in [4.78, 5) is 35.5. The first-order valence-corrected chi connectivity index (χ1v) is 6.90. The highest BCUT2D eigenvalue weighted by Crippen LogP contribution is 2.09. The monoisotopic (exact) mass is 307 g/mol. The van der Waals surface area contributed by atoms with Gasteiger partial charge in [-0.3, -0.25) is 9.59 Å². The zero-order valence-electron chi connectivity index (χ0n) is 12.3. The first kappa shape index (κ1) is 14.5. The number of benzene rings is 1. The van der Waals surface area contributed by atoms with Crippen LogP contribution >= 0.6 is 0 Å². The van der Waals surface area contributed by atoms with Crippen molar-refractivity contribution >= 4 is 16.8 Å². The molecular weight excluding hydrogens is 294 g/mol. The molecule has 3 aromatic rings. The number of fused-ring (bicyclic) bond motifs is 1. The number of carbonyl (C=O) groups excluding carboxylic acids is 1. The molecular formula is C16H13N5O2. The number of amides is 1. The zero-order valence-corrected chi connectivity index (χ0v) is 12.3. The van der Waals surface area contributed by atoms with Crippen molar-refractivity contribution in [1.29, 1.82) is 5.26 Å². The summed E-state index contributed by atoms with van der Waals surface area (Å²) in [5.74, 6) is 0.110. The van der Waals surface area contributed by atoms with E-state index in [1.807, 2.05) is 6.07 Å². The molecule has 1 amide bonds. The van der Waals surface area contributed by atoms with Crippen molar-refractivity contribution in [2.75, 3.05) is 7.05 Å². The van der Waals surface area contributed by atoms with Gasteiger partial charge < -0.3 is 14.9 Å². The minimum Gasteiger partial charge on any atom is -0.356 e. The number of para-hydroxylation sites is 1. The number of carbonyl (C=O) groups is 1. The highest BCUT2D eigenvalue weighted by molar-refractivity contribution is 5.92. The second kappa shape index (κ2) is 5.77. The molecule has 0 aliphatic heterocycles. The van der Waals surface area contributed by atoms with E-state index in [4.69, 9.17) is 5.26 Å². The van der Waals surface area contributed by atoms with E-state index in [1.54, 1.807) is 31.3 Å². The van der Waals surface area contributed by atoms with E-state index in [1.165, 1.54) is 17.2 Å². The molecule has 1 aromatic carbocycles. The van der Waals surface area contributed by atoms with E-state index in [9.17, 15) is 9.59 Å². The van der Waals surface area contributed by atoms with Gasteiger partial charge >= 0.3 is 0 Å². The normalized spacial score (nSPS) is 10.4. The van der Waals surface area contributed by atoms with E-state index >= 15 is 0 Å². The topological polar surface area (TPSA) is 106 Å². The van der Waals surface area contributed by atoms with E-state index in [0.717, 1.165) is 0 Å². The third-order valence-electron chi connectivity index (χ3n) is 3.44. The van der Waals surface area contributed by atoms with E-state index in [0.29, 0.717) is 28.0 Å². The number of H-pyrrole nitrogens is 2. The number of aromatic amines is 2. The van der Waals surface area contributed by atoms with Gasteiger partial charge in [0.25, 0.3) is 11.5 Å². The Morgan fingerprint density at radius 1 is 1.39 bits per heavy atom. The average Bonchev–Trinajstić information content (AvgIpc) is 3.03. The highest BCUT2D eigenvalue weighted by Gasteiger charge is 2.15. The average molecular weight is 307 g/mol. The van der Waals surface area contributed by atoms with Gasteiger partial charge in [0, 0.05) is 13.2 Å². The standard InChI is InChI=1S/C16H13N5O2/c1-21(16(23)13-6-10(7-17)8-18-13)9-14-19-12-5-3-2-4-11(12)15(22)20-14/h2-6,8,18H,9H2,1H3,(H,19,20,22). The fraction of sp³-hybridized carbons (Fsp3) is 0.125. The lowest BCUT2D eigenvalue weighted by atomic mass is 10.2. The molecule has 2 aromatic heterocycles. The van der Waals surface area contributed by atoms with Crippen LogP contribution in [0.25, 0.3) is 10.9 Å². The van der Waals surface area contributed by atoms with Crippen LogP contribution in [-0.2, 0) is 6.54 Å². The minimum absolute atomic E-state index is 0.153. The summed E-state index contributed by atoms with van der Waals surface area (Å²) in [7, 11) is 1.60. The van der Waals surface area contributed by atoms with Gasteiger partial charge in [0.1, 0.15) is 17.6 Å². The van der Waals surface area contributed by atoms with Gasteiger partial charge in [-0.15, -0.1) is 0 Å². The van der Waals surface area contributed by atoms with Crippen molar-refractivity contribution in [2.45, 2.75) is 6.54 Å². The van der Waals surface area contributed by atoms with Gasteiger partial charge in [0.05, 0.1) is 23.0 Å². The lowest BCUT2D eigenvalue weighted by Gasteiger charge is -2.15. The largest absolute Gasteiger partial charge is 0.356 e. The third-order valence-corrected chi connectivity index (χ3v) is 3.44. The second-order valence-electron chi connectivity index (χ2n) is 5.10. The summed E-state index contributed by atoms with van der Waals surface area (Å²) in [5, 5.41) is 9.30. The fourth-order valence-electron chi connectivity index (χ4n) is 2.29. The van der Waals surface area contributed by atoms with Crippen LogP contribution in [0, 0.1) is 11.3 Å². The van der Waals surface area contributed by atoms with Crippen molar-refractivity contribution in [1.82, 2.24) is 19.9 Å². The molecule has 0 fully saturated rings. The molecule has 23 heavy (non-hydrogen) atoms. The number of hydrogen-bond acceptors (Lipinski definition) is 4. The molecule has 0 unspecified atom stereocenters. The van der Waals surface area contributed by atoms with Crippen molar-refractivity contribution < 1.29 is 4.79 Å². The van der Waals surface area contributed by atoms with E-state index in [2.05, 4.69) is 15.0 Å². The number of nitriles is 1. The maximum absolute atomic E-state index is 12.3. The molecule has 3 rings (SSSR count). The van der Waals surface area contributed by atoms with Crippen LogP contribution in [0.5, 0.6) is 0 Å². The molecule has 7 heteroatoms. The van der Waals surface area contributed by atoms with Crippen molar-refractivity contribution in [3.8, 4) is 6.07 Å². The third kappa shape index (κ3) is 2.82. The quantitative estimate of drug-likeness (QED) is 0.762. The van der Waals surface area contributed by atoms with Gasteiger partial charge in [-0.25, -0.2) is 4.98 Å². The molecule has 0 bridgehead atoms. The maximum atomic E-state index is 12.3. The molecule has 0 saturated carbocycles. The smallest absolute Gasteiger partial charge is 0.270 e. The Balaban J connectivity index is 1.85. The Bertz CT molecular complexity index is 980. The SMILES string of the molecule is CN(Cc1nc2ccccc2c(=O)[nH]1)C(=O)c1cc(C#N)c[nH]1. The number of rotatable bonds is 3. The van der Waals surface area contributed by atoms with Crippen LogP contribution in [0.4, 0.5) is 0 Å².